The van der Waals surface area contributed by atoms with Crippen molar-refractivity contribution >= 4 is 22.0 Å². The molecular formula is C16H23BrN2O3. The second-order valence-corrected chi connectivity index (χ2v) is 6.38. The van der Waals surface area contributed by atoms with Gasteiger partial charge in [0.25, 0.3) is 0 Å². The van der Waals surface area contributed by atoms with Gasteiger partial charge in [0.1, 0.15) is 11.9 Å². The van der Waals surface area contributed by atoms with Gasteiger partial charge in [-0.15, -0.1) is 0 Å². The Kier molecular flexibility index (Phi) is 6.51. The molecule has 0 spiro atoms. The molecule has 22 heavy (non-hydrogen) atoms. The minimum Gasteiger partial charge on any atom is -0.496 e. The second kappa shape index (κ2) is 8.39. The van der Waals surface area contributed by atoms with Gasteiger partial charge in [-0.25, -0.2) is 4.79 Å². The lowest BCUT2D eigenvalue weighted by Crippen LogP contribution is -2.36. The fourth-order valence-corrected chi connectivity index (χ4v) is 3.14. The van der Waals surface area contributed by atoms with Crippen molar-refractivity contribution in [3.8, 4) is 5.75 Å². The number of halogens is 1. The predicted octanol–water partition coefficient (Wildman–Crippen LogP) is 3.21. The van der Waals surface area contributed by atoms with E-state index in [9.17, 15) is 4.79 Å². The highest BCUT2D eigenvalue weighted by Gasteiger charge is 2.23. The topological polar surface area (TPSA) is 59.6 Å². The lowest BCUT2D eigenvalue weighted by atomic mass is 9.93. The maximum absolute atomic E-state index is 11.2. The van der Waals surface area contributed by atoms with Crippen LogP contribution in [-0.2, 0) is 11.3 Å². The summed E-state index contributed by atoms with van der Waals surface area (Å²) in [4.78, 5) is 11.2. The van der Waals surface area contributed by atoms with Gasteiger partial charge < -0.3 is 20.1 Å². The Morgan fingerprint density at radius 1 is 1.32 bits per heavy atom. The number of carbonyl (C=O) groups is 1. The first-order valence-electron chi connectivity index (χ1n) is 7.56. The molecule has 0 aromatic heterocycles. The average Bonchev–Trinajstić information content (AvgIpc) is 2.54. The maximum Gasteiger partial charge on any atom is 0.407 e. The van der Waals surface area contributed by atoms with Crippen LogP contribution < -0.4 is 15.4 Å². The van der Waals surface area contributed by atoms with Gasteiger partial charge in [-0.2, -0.15) is 0 Å². The Labute approximate surface area is 139 Å². The fraction of sp³-hybridized carbons (Fsp3) is 0.562. The number of alkyl carbamates (subject to hydrolysis) is 1. The molecule has 2 N–H and O–H groups in total. The van der Waals surface area contributed by atoms with Gasteiger partial charge in [0.05, 0.1) is 7.11 Å². The zero-order chi connectivity index (χ0) is 15.9. The molecule has 6 heteroatoms. The predicted molar refractivity (Wildman–Crippen MR) is 89.1 cm³/mol. The van der Waals surface area contributed by atoms with Crippen LogP contribution >= 0.6 is 15.9 Å². The minimum absolute atomic E-state index is 0.0402. The smallest absolute Gasteiger partial charge is 0.407 e. The average molecular weight is 371 g/mol. The van der Waals surface area contributed by atoms with E-state index in [4.69, 9.17) is 9.47 Å². The number of nitrogens with one attached hydrogen (secondary N) is 2. The Morgan fingerprint density at radius 2 is 2.05 bits per heavy atom. The molecule has 0 aliphatic heterocycles. The lowest BCUT2D eigenvalue weighted by Gasteiger charge is -2.29. The van der Waals surface area contributed by atoms with Crippen molar-refractivity contribution in [1.82, 2.24) is 10.6 Å². The van der Waals surface area contributed by atoms with Crippen LogP contribution in [0.2, 0.25) is 0 Å². The first-order chi connectivity index (χ1) is 10.6. The third-order valence-corrected chi connectivity index (χ3v) is 4.47. The van der Waals surface area contributed by atoms with Crippen LogP contribution in [0.5, 0.6) is 5.75 Å². The summed E-state index contributed by atoms with van der Waals surface area (Å²) < 4.78 is 11.7. The van der Waals surface area contributed by atoms with Crippen LogP contribution in [0.3, 0.4) is 0 Å². The SMILES string of the molecule is CNC(=O)OC1CCC(NCc2cc(Br)ccc2OC)CC1. The van der Waals surface area contributed by atoms with Crippen molar-refractivity contribution in [2.45, 2.75) is 44.4 Å². The fourth-order valence-electron chi connectivity index (χ4n) is 2.73. The van der Waals surface area contributed by atoms with Crippen LogP contribution in [0.15, 0.2) is 22.7 Å². The molecule has 122 valence electrons. The highest BCUT2D eigenvalue weighted by Crippen LogP contribution is 2.25. The van der Waals surface area contributed by atoms with Crippen LogP contribution in [0.25, 0.3) is 0 Å². The molecule has 0 atom stereocenters. The lowest BCUT2D eigenvalue weighted by molar-refractivity contribution is 0.0701. The highest BCUT2D eigenvalue weighted by molar-refractivity contribution is 9.10. The maximum atomic E-state index is 11.2. The normalized spacial score (nSPS) is 21.2. The summed E-state index contributed by atoms with van der Waals surface area (Å²) in [6.45, 7) is 0.772. The third-order valence-electron chi connectivity index (χ3n) is 3.98. The molecule has 0 bridgehead atoms. The summed E-state index contributed by atoms with van der Waals surface area (Å²) in [6.07, 6.45) is 3.53. The molecule has 1 aliphatic rings. The van der Waals surface area contributed by atoms with Crippen LogP contribution in [0.1, 0.15) is 31.2 Å². The van der Waals surface area contributed by atoms with E-state index in [0.29, 0.717) is 6.04 Å². The number of carbonyl (C=O) groups excluding carboxylic acids is 1. The van der Waals surface area contributed by atoms with Crippen LogP contribution in [0.4, 0.5) is 4.79 Å². The molecule has 0 saturated heterocycles. The Balaban J connectivity index is 1.79. The highest BCUT2D eigenvalue weighted by atomic mass is 79.9. The van der Waals surface area contributed by atoms with Crippen LogP contribution in [0, 0.1) is 0 Å². The summed E-state index contributed by atoms with van der Waals surface area (Å²) in [5.74, 6) is 0.896. The number of hydrogen-bond acceptors (Lipinski definition) is 4. The van der Waals surface area contributed by atoms with Crippen molar-refractivity contribution in [3.63, 3.8) is 0 Å². The van der Waals surface area contributed by atoms with E-state index in [-0.39, 0.29) is 12.2 Å². The summed E-state index contributed by atoms with van der Waals surface area (Å²) in [5.41, 5.74) is 1.14. The van der Waals surface area contributed by atoms with Gasteiger partial charge in [0.15, 0.2) is 0 Å². The molecular weight excluding hydrogens is 348 g/mol. The summed E-state index contributed by atoms with van der Waals surface area (Å²) in [5, 5.41) is 6.06. The quantitative estimate of drug-likeness (QED) is 0.835. The number of hydrogen-bond donors (Lipinski definition) is 2. The van der Waals surface area contributed by atoms with Crippen molar-refractivity contribution in [2.75, 3.05) is 14.2 Å². The molecule has 1 amide bonds. The molecule has 2 rings (SSSR count). The number of amides is 1. The summed E-state index contributed by atoms with van der Waals surface area (Å²) >= 11 is 3.49. The Hall–Kier alpha value is -1.27. The second-order valence-electron chi connectivity index (χ2n) is 5.47. The molecule has 0 unspecified atom stereocenters. The van der Waals surface area contributed by atoms with Crippen molar-refractivity contribution in [1.29, 1.82) is 0 Å². The molecule has 1 aromatic carbocycles. The van der Waals surface area contributed by atoms with E-state index in [0.717, 1.165) is 48.0 Å². The van der Waals surface area contributed by atoms with Gasteiger partial charge in [0.2, 0.25) is 0 Å². The number of methoxy groups -OCH3 is 1. The van der Waals surface area contributed by atoms with E-state index in [1.165, 1.54) is 0 Å². The van der Waals surface area contributed by atoms with E-state index < -0.39 is 0 Å². The van der Waals surface area contributed by atoms with E-state index in [1.54, 1.807) is 14.2 Å². The molecule has 1 aliphatic carbocycles. The van der Waals surface area contributed by atoms with E-state index >= 15 is 0 Å². The van der Waals surface area contributed by atoms with Gasteiger partial charge >= 0.3 is 6.09 Å². The molecule has 0 heterocycles. The van der Waals surface area contributed by atoms with Gasteiger partial charge in [-0.1, -0.05) is 15.9 Å². The zero-order valence-electron chi connectivity index (χ0n) is 13.0. The van der Waals surface area contributed by atoms with E-state index in [2.05, 4.69) is 32.6 Å². The molecule has 1 aromatic rings. The molecule has 1 fully saturated rings. The minimum atomic E-state index is -0.338. The van der Waals surface area contributed by atoms with E-state index in [1.807, 2.05) is 12.1 Å². The molecule has 0 radical (unpaired) electrons. The third kappa shape index (κ3) is 4.88. The van der Waals surface area contributed by atoms with Gasteiger partial charge in [-0.05, 0) is 43.9 Å². The zero-order valence-corrected chi connectivity index (χ0v) is 14.6. The van der Waals surface area contributed by atoms with Gasteiger partial charge in [-0.3, -0.25) is 0 Å². The largest absolute Gasteiger partial charge is 0.496 e. The summed E-state index contributed by atoms with van der Waals surface area (Å²) in [7, 11) is 3.27. The monoisotopic (exact) mass is 370 g/mol. The first kappa shape index (κ1) is 17.1. The standard InChI is InChI=1S/C16H23BrN2O3/c1-18-16(20)22-14-6-4-13(5-7-14)19-10-11-9-12(17)3-8-15(11)21-2/h3,8-9,13-14,19H,4-7,10H2,1-2H3,(H,18,20). The Bertz CT molecular complexity index is 502. The number of benzene rings is 1. The van der Waals surface area contributed by atoms with Crippen molar-refractivity contribution in [3.05, 3.63) is 28.2 Å². The number of ether oxygens (including phenoxy) is 2. The molecule has 1 saturated carbocycles. The van der Waals surface area contributed by atoms with Crippen LogP contribution in [-0.4, -0.2) is 32.4 Å². The molecule has 5 nitrogen and oxygen atoms in total. The summed E-state index contributed by atoms with van der Waals surface area (Å²) in [6, 6.07) is 6.47. The number of rotatable bonds is 5. The van der Waals surface area contributed by atoms with Crippen molar-refractivity contribution < 1.29 is 14.3 Å². The first-order valence-corrected chi connectivity index (χ1v) is 8.36. The van der Waals surface area contributed by atoms with Crippen molar-refractivity contribution in [2.24, 2.45) is 0 Å². The van der Waals surface area contributed by atoms with Gasteiger partial charge in [0, 0.05) is 29.7 Å². The Morgan fingerprint density at radius 3 is 2.68 bits per heavy atom.